The van der Waals surface area contributed by atoms with Gasteiger partial charge in [0.15, 0.2) is 0 Å². The largest absolute Gasteiger partial charge is 0.494 e. The van der Waals surface area contributed by atoms with Crippen molar-refractivity contribution in [3.8, 4) is 11.8 Å². The van der Waals surface area contributed by atoms with Crippen LogP contribution >= 0.6 is 0 Å². The third-order valence-electron chi connectivity index (χ3n) is 1.95. The highest BCUT2D eigenvalue weighted by Gasteiger charge is 2.10. The summed E-state index contributed by atoms with van der Waals surface area (Å²) < 4.78 is 9.66. The van der Waals surface area contributed by atoms with Crippen LogP contribution in [0.15, 0.2) is 29.4 Å². The molecule has 6 heteroatoms. The van der Waals surface area contributed by atoms with E-state index in [0.717, 1.165) is 5.75 Å². The number of hydrogen-bond acceptors (Lipinski definition) is 6. The molecule has 0 aromatic heterocycles. The van der Waals surface area contributed by atoms with Crippen molar-refractivity contribution in [1.29, 1.82) is 5.26 Å². The monoisotopic (exact) mass is 247 g/mol. The molecule has 0 fully saturated rings. The van der Waals surface area contributed by atoms with Gasteiger partial charge < -0.3 is 9.47 Å². The van der Waals surface area contributed by atoms with Crippen LogP contribution in [0.2, 0.25) is 0 Å². The molecule has 0 saturated carbocycles. The van der Waals surface area contributed by atoms with E-state index in [4.69, 9.17) is 10.00 Å². The van der Waals surface area contributed by atoms with Crippen molar-refractivity contribution in [2.45, 2.75) is 6.92 Å². The normalized spacial score (nSPS) is 10.4. The lowest BCUT2D eigenvalue weighted by Crippen LogP contribution is -2.15. The average molecular weight is 247 g/mol. The fourth-order valence-corrected chi connectivity index (χ4v) is 1.13. The number of rotatable bonds is 5. The Morgan fingerprint density at radius 3 is 2.61 bits per heavy atom. The molecule has 0 unspecified atom stereocenters. The summed E-state index contributed by atoms with van der Waals surface area (Å²) in [5.41, 5.74) is 2.88. The van der Waals surface area contributed by atoms with E-state index in [9.17, 15) is 4.79 Å². The Morgan fingerprint density at radius 1 is 1.44 bits per heavy atom. The summed E-state index contributed by atoms with van der Waals surface area (Å²) in [6.45, 7) is 2.48. The maximum Gasteiger partial charge on any atom is 0.369 e. The fraction of sp³-hybridized carbons (Fsp3) is 0.250. The van der Waals surface area contributed by atoms with Crippen LogP contribution < -0.4 is 10.2 Å². The Labute approximate surface area is 105 Å². The van der Waals surface area contributed by atoms with E-state index in [1.807, 2.05) is 6.92 Å². The Kier molecular flexibility index (Phi) is 5.19. The lowest BCUT2D eigenvalue weighted by atomic mass is 10.3. The molecule has 1 rings (SSSR count). The van der Waals surface area contributed by atoms with E-state index in [1.54, 1.807) is 30.3 Å². The maximum atomic E-state index is 11.1. The minimum absolute atomic E-state index is 0.341. The molecule has 94 valence electrons. The molecule has 1 N–H and O–H groups in total. The second-order valence-corrected chi connectivity index (χ2v) is 3.13. The average Bonchev–Trinajstić information content (AvgIpc) is 2.41. The number of benzene rings is 1. The van der Waals surface area contributed by atoms with Crippen molar-refractivity contribution in [3.05, 3.63) is 24.3 Å². The third-order valence-corrected chi connectivity index (χ3v) is 1.95. The minimum Gasteiger partial charge on any atom is -0.494 e. The van der Waals surface area contributed by atoms with Crippen LogP contribution in [0.1, 0.15) is 6.92 Å². The predicted molar refractivity (Wildman–Crippen MR) is 66.3 cm³/mol. The molecule has 1 aromatic carbocycles. The topological polar surface area (TPSA) is 83.7 Å². The van der Waals surface area contributed by atoms with E-state index >= 15 is 0 Å². The van der Waals surface area contributed by atoms with Gasteiger partial charge in [-0.3, -0.25) is 5.43 Å². The van der Waals surface area contributed by atoms with E-state index in [0.29, 0.717) is 12.3 Å². The molecule has 0 amide bonds. The molecule has 0 atom stereocenters. The van der Waals surface area contributed by atoms with Gasteiger partial charge in [0.1, 0.15) is 11.8 Å². The number of hydrazone groups is 1. The first-order chi connectivity index (χ1) is 8.71. The molecule has 0 bridgehead atoms. The zero-order valence-electron chi connectivity index (χ0n) is 10.1. The summed E-state index contributed by atoms with van der Waals surface area (Å²) in [6, 6.07) is 8.60. The van der Waals surface area contributed by atoms with E-state index in [1.165, 1.54) is 7.11 Å². The van der Waals surface area contributed by atoms with Gasteiger partial charge >= 0.3 is 5.97 Å². The standard InChI is InChI=1S/C12H13N3O3/c1-3-18-10-6-4-9(5-7-10)14-15-11(8-13)12(16)17-2/h4-7,14H,3H2,1-2H3. The first kappa shape index (κ1) is 13.5. The molecular weight excluding hydrogens is 234 g/mol. The van der Waals surface area contributed by atoms with Crippen molar-refractivity contribution in [3.63, 3.8) is 0 Å². The van der Waals surface area contributed by atoms with E-state index < -0.39 is 5.97 Å². The number of nitriles is 1. The molecule has 0 radical (unpaired) electrons. The van der Waals surface area contributed by atoms with Gasteiger partial charge in [-0.2, -0.15) is 10.4 Å². The smallest absolute Gasteiger partial charge is 0.369 e. The zero-order chi connectivity index (χ0) is 13.4. The van der Waals surface area contributed by atoms with Crippen LogP contribution in [-0.4, -0.2) is 25.4 Å². The molecule has 18 heavy (non-hydrogen) atoms. The van der Waals surface area contributed by atoms with Crippen LogP contribution in [0.3, 0.4) is 0 Å². The van der Waals surface area contributed by atoms with E-state index in [-0.39, 0.29) is 5.71 Å². The van der Waals surface area contributed by atoms with Gasteiger partial charge in [-0.1, -0.05) is 0 Å². The number of nitrogens with zero attached hydrogens (tertiary/aromatic N) is 2. The minimum atomic E-state index is -0.782. The van der Waals surface area contributed by atoms with Gasteiger partial charge in [-0.25, -0.2) is 4.79 Å². The number of methoxy groups -OCH3 is 1. The van der Waals surface area contributed by atoms with Crippen LogP contribution in [0, 0.1) is 11.3 Å². The molecule has 0 aliphatic heterocycles. The van der Waals surface area contributed by atoms with Crippen molar-refractivity contribution in [2.75, 3.05) is 19.1 Å². The fourth-order valence-electron chi connectivity index (χ4n) is 1.13. The highest BCUT2D eigenvalue weighted by atomic mass is 16.5. The maximum absolute atomic E-state index is 11.1. The van der Waals surface area contributed by atoms with Crippen molar-refractivity contribution >= 4 is 17.4 Å². The first-order valence-electron chi connectivity index (χ1n) is 5.26. The molecular formula is C12H13N3O3. The second-order valence-electron chi connectivity index (χ2n) is 3.13. The zero-order valence-corrected chi connectivity index (χ0v) is 10.1. The lowest BCUT2D eigenvalue weighted by Gasteiger charge is -2.04. The Hall–Kier alpha value is -2.55. The van der Waals surface area contributed by atoms with Gasteiger partial charge in [0.2, 0.25) is 5.71 Å². The summed E-state index contributed by atoms with van der Waals surface area (Å²) in [7, 11) is 1.19. The second kappa shape index (κ2) is 6.91. The van der Waals surface area contributed by atoms with Crippen LogP contribution in [0.4, 0.5) is 5.69 Å². The summed E-state index contributed by atoms with van der Waals surface area (Å²) in [6.07, 6.45) is 0. The number of hydrogen-bond donors (Lipinski definition) is 1. The number of ether oxygens (including phenoxy) is 2. The highest BCUT2D eigenvalue weighted by Crippen LogP contribution is 2.15. The number of anilines is 1. The Bertz CT molecular complexity index is 474. The van der Waals surface area contributed by atoms with Crippen LogP contribution in [0.25, 0.3) is 0 Å². The summed E-state index contributed by atoms with van der Waals surface area (Å²) in [4.78, 5) is 11.1. The number of carbonyl (C=O) groups excluding carboxylic acids is 1. The summed E-state index contributed by atoms with van der Waals surface area (Å²) in [5.74, 6) is -0.0450. The Morgan fingerprint density at radius 2 is 2.11 bits per heavy atom. The Balaban J connectivity index is 2.70. The summed E-state index contributed by atoms with van der Waals surface area (Å²) in [5, 5.41) is 12.3. The van der Waals surface area contributed by atoms with Gasteiger partial charge in [-0.15, -0.1) is 0 Å². The van der Waals surface area contributed by atoms with Gasteiger partial charge in [0.05, 0.1) is 19.4 Å². The molecule has 0 aliphatic rings. The van der Waals surface area contributed by atoms with Gasteiger partial charge in [0.25, 0.3) is 0 Å². The molecule has 0 aliphatic carbocycles. The molecule has 0 heterocycles. The van der Waals surface area contributed by atoms with Crippen molar-refractivity contribution in [2.24, 2.45) is 5.10 Å². The number of nitrogens with one attached hydrogen (secondary N) is 1. The van der Waals surface area contributed by atoms with Crippen LogP contribution in [0.5, 0.6) is 5.75 Å². The van der Waals surface area contributed by atoms with Crippen molar-refractivity contribution in [1.82, 2.24) is 0 Å². The van der Waals surface area contributed by atoms with Crippen LogP contribution in [-0.2, 0) is 9.53 Å². The quantitative estimate of drug-likeness (QED) is 0.485. The third kappa shape index (κ3) is 3.79. The number of carbonyl (C=O) groups is 1. The lowest BCUT2D eigenvalue weighted by molar-refractivity contribution is -0.132. The first-order valence-corrected chi connectivity index (χ1v) is 5.26. The summed E-state index contributed by atoms with van der Waals surface area (Å²) >= 11 is 0. The molecule has 6 nitrogen and oxygen atoms in total. The molecule has 1 aromatic rings. The van der Waals surface area contributed by atoms with Gasteiger partial charge in [0, 0.05) is 0 Å². The highest BCUT2D eigenvalue weighted by molar-refractivity contribution is 6.43. The predicted octanol–water partition coefficient (Wildman–Crippen LogP) is 1.55. The van der Waals surface area contributed by atoms with Gasteiger partial charge in [-0.05, 0) is 31.2 Å². The van der Waals surface area contributed by atoms with Crippen molar-refractivity contribution < 1.29 is 14.3 Å². The molecule has 0 spiro atoms. The SMILES string of the molecule is CCOc1ccc(NN=C(C#N)C(=O)OC)cc1. The van der Waals surface area contributed by atoms with E-state index in [2.05, 4.69) is 15.3 Å². The number of esters is 1. The molecule has 0 saturated heterocycles.